The zero-order chi connectivity index (χ0) is 26.2. The van der Waals surface area contributed by atoms with Gasteiger partial charge in [-0.05, 0) is 38.4 Å². The second kappa shape index (κ2) is 12.0. The summed E-state index contributed by atoms with van der Waals surface area (Å²) in [7, 11) is 11.6. The largest absolute Gasteiger partial charge is 0.494 e. The van der Waals surface area contributed by atoms with E-state index in [2.05, 4.69) is 42.0 Å². The number of rotatable bonds is 11. The molecule has 0 spiro atoms. The van der Waals surface area contributed by atoms with Crippen molar-refractivity contribution in [1.82, 2.24) is 19.9 Å². The fraction of sp³-hybridized carbons (Fsp3) is 0.308. The van der Waals surface area contributed by atoms with Crippen molar-refractivity contribution < 1.29 is 9.53 Å². The van der Waals surface area contributed by atoms with Crippen LogP contribution in [0.25, 0.3) is 11.4 Å². The molecule has 36 heavy (non-hydrogen) atoms. The van der Waals surface area contributed by atoms with Crippen LogP contribution in [0.4, 0.5) is 28.7 Å². The molecule has 0 atom stereocenters. The van der Waals surface area contributed by atoms with Gasteiger partial charge in [0, 0.05) is 51.5 Å². The Bertz CT molecular complexity index is 1210. The van der Waals surface area contributed by atoms with Gasteiger partial charge in [-0.15, -0.1) is 0 Å². The number of likely N-dealkylation sites (N-methyl/N-ethyl adjacent to an activating group) is 2. The SMILES string of the molecule is C=CC(=O)Nc1cc(Nc2ncnc(-c3cccc(N(C)C)c3)n2)c(OC)cc1N(C)CCN(C)C. The molecule has 2 aromatic carbocycles. The molecule has 0 fully saturated rings. The van der Waals surface area contributed by atoms with E-state index < -0.39 is 0 Å². The van der Waals surface area contributed by atoms with Crippen LogP contribution in [-0.2, 0) is 4.79 Å². The number of amides is 1. The quantitative estimate of drug-likeness (QED) is 0.391. The summed E-state index contributed by atoms with van der Waals surface area (Å²) in [5, 5.41) is 6.11. The second-order valence-corrected chi connectivity index (χ2v) is 8.69. The first-order valence-electron chi connectivity index (χ1n) is 11.5. The van der Waals surface area contributed by atoms with Gasteiger partial charge in [0.2, 0.25) is 11.9 Å². The molecule has 10 heteroatoms. The monoisotopic (exact) mass is 490 g/mol. The average molecular weight is 491 g/mol. The molecular weight excluding hydrogens is 456 g/mol. The highest BCUT2D eigenvalue weighted by molar-refractivity contribution is 6.02. The normalized spacial score (nSPS) is 10.6. The van der Waals surface area contributed by atoms with Crippen LogP contribution in [0.1, 0.15) is 0 Å². The first kappa shape index (κ1) is 26.4. The highest BCUT2D eigenvalue weighted by Gasteiger charge is 2.17. The molecular formula is C26H34N8O2. The average Bonchev–Trinajstić information content (AvgIpc) is 2.87. The number of ether oxygens (including phenoxy) is 1. The Labute approximate surface area is 212 Å². The Morgan fingerprint density at radius 3 is 2.50 bits per heavy atom. The number of methoxy groups -OCH3 is 1. The van der Waals surface area contributed by atoms with Gasteiger partial charge in [0.15, 0.2) is 5.82 Å². The summed E-state index contributed by atoms with van der Waals surface area (Å²) in [5.74, 6) is 1.16. The van der Waals surface area contributed by atoms with Crippen LogP contribution < -0.4 is 25.2 Å². The van der Waals surface area contributed by atoms with Crippen molar-refractivity contribution in [3.8, 4) is 17.1 Å². The standard InChI is InChI=1S/C26H34N8O2/c1-8-24(35)29-20-15-21(23(36-7)16-22(20)34(6)13-12-32(2)3)30-26-28-17-27-25(31-26)18-10-9-11-19(14-18)33(4)5/h8-11,14-17H,1,12-13H2,2-7H3,(H,29,35)(H,27,28,30,31). The molecule has 0 aliphatic heterocycles. The first-order valence-corrected chi connectivity index (χ1v) is 11.5. The highest BCUT2D eigenvalue weighted by Crippen LogP contribution is 2.38. The van der Waals surface area contributed by atoms with Crippen LogP contribution in [0, 0.1) is 0 Å². The molecule has 10 nitrogen and oxygen atoms in total. The van der Waals surface area contributed by atoms with E-state index in [1.807, 2.05) is 70.5 Å². The van der Waals surface area contributed by atoms with Crippen LogP contribution >= 0.6 is 0 Å². The lowest BCUT2D eigenvalue weighted by Crippen LogP contribution is -2.29. The lowest BCUT2D eigenvalue weighted by Gasteiger charge is -2.26. The van der Waals surface area contributed by atoms with Gasteiger partial charge in [0.25, 0.3) is 0 Å². The summed E-state index contributed by atoms with van der Waals surface area (Å²) in [6, 6.07) is 11.6. The molecule has 0 aliphatic carbocycles. The molecule has 1 heterocycles. The number of anilines is 5. The molecule has 0 saturated heterocycles. The topological polar surface area (TPSA) is 98.7 Å². The molecule has 190 valence electrons. The molecule has 1 aromatic heterocycles. The van der Waals surface area contributed by atoms with Gasteiger partial charge in [-0.2, -0.15) is 4.98 Å². The summed E-state index contributed by atoms with van der Waals surface area (Å²) < 4.78 is 5.67. The maximum atomic E-state index is 12.2. The third-order valence-electron chi connectivity index (χ3n) is 5.49. The van der Waals surface area contributed by atoms with Gasteiger partial charge < -0.3 is 30.1 Å². The summed E-state index contributed by atoms with van der Waals surface area (Å²) in [6.45, 7) is 5.16. The Balaban J connectivity index is 1.97. The van der Waals surface area contributed by atoms with E-state index in [1.54, 1.807) is 13.2 Å². The molecule has 3 rings (SSSR count). The number of benzene rings is 2. The maximum absolute atomic E-state index is 12.2. The number of carbonyl (C=O) groups excluding carboxylic acids is 1. The van der Waals surface area contributed by atoms with Gasteiger partial charge in [-0.1, -0.05) is 18.7 Å². The smallest absolute Gasteiger partial charge is 0.247 e. The number of carbonyl (C=O) groups is 1. The number of aromatic nitrogens is 3. The third-order valence-corrected chi connectivity index (χ3v) is 5.49. The van der Waals surface area contributed by atoms with Crippen molar-refractivity contribution in [2.75, 3.05) is 75.9 Å². The zero-order valence-electron chi connectivity index (χ0n) is 21.7. The predicted molar refractivity (Wildman–Crippen MR) is 147 cm³/mol. The Hall–Kier alpha value is -4.18. The molecule has 3 aromatic rings. The molecule has 0 bridgehead atoms. The van der Waals surface area contributed by atoms with Gasteiger partial charge in [0.1, 0.15) is 12.1 Å². The van der Waals surface area contributed by atoms with Crippen LogP contribution in [0.5, 0.6) is 5.75 Å². The first-order chi connectivity index (χ1) is 17.2. The number of nitrogens with one attached hydrogen (secondary N) is 2. The number of nitrogens with zero attached hydrogens (tertiary/aromatic N) is 6. The maximum Gasteiger partial charge on any atom is 0.247 e. The lowest BCUT2D eigenvalue weighted by molar-refractivity contribution is -0.111. The van der Waals surface area contributed by atoms with Crippen molar-refractivity contribution in [3.05, 3.63) is 55.4 Å². The van der Waals surface area contributed by atoms with Crippen LogP contribution in [-0.4, -0.2) is 81.2 Å². The summed E-state index contributed by atoms with van der Waals surface area (Å²) >= 11 is 0. The van der Waals surface area contributed by atoms with Crippen LogP contribution in [0.2, 0.25) is 0 Å². The zero-order valence-corrected chi connectivity index (χ0v) is 21.7. The minimum absolute atomic E-state index is 0.309. The Morgan fingerprint density at radius 1 is 1.06 bits per heavy atom. The molecule has 2 N–H and O–H groups in total. The Kier molecular flexibility index (Phi) is 8.80. The van der Waals surface area contributed by atoms with Gasteiger partial charge >= 0.3 is 0 Å². The number of hydrogen-bond donors (Lipinski definition) is 2. The van der Waals surface area contributed by atoms with Crippen molar-refractivity contribution in [2.45, 2.75) is 0 Å². The minimum atomic E-state index is -0.309. The van der Waals surface area contributed by atoms with Crippen LogP contribution in [0.15, 0.2) is 55.4 Å². The molecule has 1 amide bonds. The molecule has 0 radical (unpaired) electrons. The molecule has 0 aliphatic rings. The predicted octanol–water partition coefficient (Wildman–Crippen LogP) is 3.48. The van der Waals surface area contributed by atoms with Gasteiger partial charge in [-0.25, -0.2) is 9.97 Å². The van der Waals surface area contributed by atoms with Crippen molar-refractivity contribution in [1.29, 1.82) is 0 Å². The van der Waals surface area contributed by atoms with E-state index in [-0.39, 0.29) is 5.91 Å². The Morgan fingerprint density at radius 2 is 1.83 bits per heavy atom. The molecule has 0 saturated carbocycles. The van der Waals surface area contributed by atoms with E-state index in [1.165, 1.54) is 12.4 Å². The lowest BCUT2D eigenvalue weighted by atomic mass is 10.2. The van der Waals surface area contributed by atoms with E-state index in [9.17, 15) is 4.79 Å². The van der Waals surface area contributed by atoms with Crippen LogP contribution in [0.3, 0.4) is 0 Å². The highest BCUT2D eigenvalue weighted by atomic mass is 16.5. The van der Waals surface area contributed by atoms with Crippen molar-refractivity contribution >= 4 is 34.6 Å². The fourth-order valence-electron chi connectivity index (χ4n) is 3.45. The second-order valence-electron chi connectivity index (χ2n) is 8.69. The third kappa shape index (κ3) is 6.70. The van der Waals surface area contributed by atoms with E-state index in [0.717, 1.165) is 30.0 Å². The van der Waals surface area contributed by atoms with Crippen molar-refractivity contribution in [3.63, 3.8) is 0 Å². The summed E-state index contributed by atoms with van der Waals surface area (Å²) in [5.41, 5.74) is 3.93. The fourth-order valence-corrected chi connectivity index (χ4v) is 3.45. The minimum Gasteiger partial charge on any atom is -0.494 e. The summed E-state index contributed by atoms with van der Waals surface area (Å²) in [6.07, 6.45) is 2.70. The van der Waals surface area contributed by atoms with E-state index >= 15 is 0 Å². The van der Waals surface area contributed by atoms with Gasteiger partial charge in [0.05, 0.1) is 24.2 Å². The summed E-state index contributed by atoms with van der Waals surface area (Å²) in [4.78, 5) is 31.6. The van der Waals surface area contributed by atoms with E-state index in [0.29, 0.717) is 28.9 Å². The molecule has 0 unspecified atom stereocenters. The van der Waals surface area contributed by atoms with Crippen molar-refractivity contribution in [2.24, 2.45) is 0 Å². The van der Waals surface area contributed by atoms with E-state index in [4.69, 9.17) is 4.74 Å². The van der Waals surface area contributed by atoms with Gasteiger partial charge in [-0.3, -0.25) is 4.79 Å². The number of hydrogen-bond acceptors (Lipinski definition) is 9.